The van der Waals surface area contributed by atoms with Gasteiger partial charge < -0.3 is 14.5 Å². The lowest BCUT2D eigenvalue weighted by atomic mass is 10.0. The van der Waals surface area contributed by atoms with Crippen LogP contribution in [0.4, 0.5) is 0 Å². The summed E-state index contributed by atoms with van der Waals surface area (Å²) in [5.74, 6) is -0.290. The number of aryl methyl sites for hydroxylation is 1. The minimum atomic E-state index is -0.360. The van der Waals surface area contributed by atoms with Gasteiger partial charge in [0, 0.05) is 75.9 Å². The number of hydrogen-bond acceptors (Lipinski definition) is 6. The van der Waals surface area contributed by atoms with Crippen molar-refractivity contribution < 1.29 is 14.3 Å². The SMILES string of the molecule is CC(=O)Oc1nc2ccccc2n1C1CCN(CCCn2nc(-c3ccc(Cl)c(Cl)c3)c3c2CCN(C(C)=O)C3)CC1. The Kier molecular flexibility index (Phi) is 8.25. The molecule has 1 saturated heterocycles. The zero-order chi connectivity index (χ0) is 29.4. The van der Waals surface area contributed by atoms with Crippen molar-refractivity contribution in [3.63, 3.8) is 0 Å². The summed E-state index contributed by atoms with van der Waals surface area (Å²) in [7, 11) is 0. The van der Waals surface area contributed by atoms with Crippen molar-refractivity contribution in [1.82, 2.24) is 29.1 Å². The minimum Gasteiger partial charge on any atom is -0.392 e. The average molecular weight is 610 g/mol. The summed E-state index contributed by atoms with van der Waals surface area (Å²) in [5, 5.41) is 6.02. The van der Waals surface area contributed by atoms with E-state index in [4.69, 9.17) is 33.0 Å². The van der Waals surface area contributed by atoms with Crippen LogP contribution in [0.3, 0.4) is 0 Å². The van der Waals surface area contributed by atoms with Gasteiger partial charge in [-0.2, -0.15) is 10.1 Å². The van der Waals surface area contributed by atoms with Gasteiger partial charge in [0.1, 0.15) is 0 Å². The molecule has 4 aromatic rings. The van der Waals surface area contributed by atoms with E-state index in [1.165, 1.54) is 12.6 Å². The third kappa shape index (κ3) is 5.78. The molecule has 4 heterocycles. The molecular weight excluding hydrogens is 575 g/mol. The summed E-state index contributed by atoms with van der Waals surface area (Å²) in [5.41, 5.74) is 5.89. The fourth-order valence-electron chi connectivity index (χ4n) is 6.24. The Morgan fingerprint density at radius 1 is 1.00 bits per heavy atom. The van der Waals surface area contributed by atoms with Crippen molar-refractivity contribution in [2.45, 2.75) is 58.7 Å². The van der Waals surface area contributed by atoms with Gasteiger partial charge >= 0.3 is 12.0 Å². The monoisotopic (exact) mass is 608 g/mol. The Balaban J connectivity index is 1.13. The molecule has 0 aliphatic carbocycles. The highest BCUT2D eigenvalue weighted by Gasteiger charge is 2.28. The summed E-state index contributed by atoms with van der Waals surface area (Å²) in [6.07, 6.45) is 3.64. The second-order valence-electron chi connectivity index (χ2n) is 11.1. The van der Waals surface area contributed by atoms with E-state index in [2.05, 4.69) is 19.1 Å². The molecule has 0 spiro atoms. The molecule has 0 unspecified atom stereocenters. The molecule has 0 radical (unpaired) electrons. The number of nitrogens with zero attached hydrogens (tertiary/aromatic N) is 6. The van der Waals surface area contributed by atoms with E-state index >= 15 is 0 Å². The number of imidazole rings is 1. The number of hydrogen-bond donors (Lipinski definition) is 0. The lowest BCUT2D eigenvalue weighted by Crippen LogP contribution is -2.36. The molecule has 0 atom stereocenters. The van der Waals surface area contributed by atoms with Gasteiger partial charge in [0.05, 0.1) is 26.8 Å². The molecule has 0 bridgehead atoms. The van der Waals surface area contributed by atoms with E-state index in [0.717, 1.165) is 79.7 Å². The number of para-hydroxylation sites is 2. The maximum absolute atomic E-state index is 12.2. The zero-order valence-corrected chi connectivity index (χ0v) is 25.4. The molecule has 1 amide bonds. The molecule has 0 N–H and O–H groups in total. The molecule has 220 valence electrons. The van der Waals surface area contributed by atoms with Crippen LogP contribution >= 0.6 is 23.2 Å². The van der Waals surface area contributed by atoms with Gasteiger partial charge in [0.15, 0.2) is 0 Å². The number of fused-ring (bicyclic) bond motifs is 2. The Hall–Kier alpha value is -3.40. The molecule has 1 fully saturated rings. The van der Waals surface area contributed by atoms with Crippen molar-refractivity contribution in [3.05, 3.63) is 63.8 Å². The van der Waals surface area contributed by atoms with Crippen LogP contribution in [0.5, 0.6) is 6.01 Å². The van der Waals surface area contributed by atoms with Crippen molar-refractivity contribution >= 4 is 46.1 Å². The van der Waals surface area contributed by atoms with E-state index in [9.17, 15) is 9.59 Å². The average Bonchev–Trinajstić information content (AvgIpc) is 3.52. The van der Waals surface area contributed by atoms with Crippen LogP contribution in [0, 0.1) is 0 Å². The molecule has 42 heavy (non-hydrogen) atoms. The van der Waals surface area contributed by atoms with Crippen LogP contribution in [0.1, 0.15) is 50.4 Å². The topological polar surface area (TPSA) is 85.5 Å². The Bertz CT molecular complexity index is 1640. The molecular formula is C31H34Cl2N6O3. The van der Waals surface area contributed by atoms with Crippen LogP contribution in [0.2, 0.25) is 10.0 Å². The number of carbonyl (C=O) groups is 2. The van der Waals surface area contributed by atoms with E-state index < -0.39 is 0 Å². The number of amides is 1. The Labute approximate surface area is 254 Å². The zero-order valence-electron chi connectivity index (χ0n) is 23.9. The van der Waals surface area contributed by atoms with Crippen LogP contribution in [-0.4, -0.2) is 67.2 Å². The highest BCUT2D eigenvalue weighted by Crippen LogP contribution is 2.35. The van der Waals surface area contributed by atoms with Crippen molar-refractivity contribution in [3.8, 4) is 17.3 Å². The molecule has 2 aromatic carbocycles. The lowest BCUT2D eigenvalue weighted by molar-refractivity contribution is -0.132. The van der Waals surface area contributed by atoms with Gasteiger partial charge in [-0.3, -0.25) is 18.8 Å². The third-order valence-corrected chi connectivity index (χ3v) is 9.08. The van der Waals surface area contributed by atoms with E-state index in [-0.39, 0.29) is 17.9 Å². The molecule has 2 aromatic heterocycles. The van der Waals surface area contributed by atoms with Crippen molar-refractivity contribution in [2.24, 2.45) is 0 Å². The van der Waals surface area contributed by atoms with E-state index in [0.29, 0.717) is 29.1 Å². The predicted octanol–water partition coefficient (Wildman–Crippen LogP) is 5.76. The standard InChI is InChI=1S/C31H34Cl2N6O3/c1-20(40)37-17-12-28-24(19-37)30(22-8-9-25(32)26(33)18-22)35-38(28)14-5-13-36-15-10-23(11-16-36)39-29-7-4-3-6-27(29)34-31(39)42-21(2)41/h3-4,6-9,18,23H,5,10-17,19H2,1-2H3. The summed E-state index contributed by atoms with van der Waals surface area (Å²) in [6, 6.07) is 14.1. The normalized spacial score (nSPS) is 16.1. The molecule has 2 aliphatic rings. The number of carbonyl (C=O) groups excluding carboxylic acids is 2. The number of ether oxygens (including phenoxy) is 1. The summed E-state index contributed by atoms with van der Waals surface area (Å²) in [6.45, 7) is 7.94. The summed E-state index contributed by atoms with van der Waals surface area (Å²) < 4.78 is 9.71. The van der Waals surface area contributed by atoms with Gasteiger partial charge in [-0.25, -0.2) is 0 Å². The maximum Gasteiger partial charge on any atom is 0.310 e. The summed E-state index contributed by atoms with van der Waals surface area (Å²) >= 11 is 12.5. The molecule has 11 heteroatoms. The van der Waals surface area contributed by atoms with Gasteiger partial charge in [-0.05, 0) is 50.1 Å². The number of aromatic nitrogens is 4. The van der Waals surface area contributed by atoms with Crippen molar-refractivity contribution in [2.75, 3.05) is 26.2 Å². The largest absolute Gasteiger partial charge is 0.392 e. The highest BCUT2D eigenvalue weighted by atomic mass is 35.5. The first kappa shape index (κ1) is 28.7. The van der Waals surface area contributed by atoms with Crippen LogP contribution in [-0.2, 0) is 29.1 Å². The molecule has 6 rings (SSSR count). The molecule has 2 aliphatic heterocycles. The molecule has 0 saturated carbocycles. The Morgan fingerprint density at radius 3 is 2.52 bits per heavy atom. The van der Waals surface area contributed by atoms with Crippen LogP contribution < -0.4 is 4.74 Å². The first-order valence-electron chi connectivity index (χ1n) is 14.5. The van der Waals surface area contributed by atoms with Gasteiger partial charge in [0.2, 0.25) is 5.91 Å². The fraction of sp³-hybridized carbons (Fsp3) is 0.419. The first-order chi connectivity index (χ1) is 20.3. The summed E-state index contributed by atoms with van der Waals surface area (Å²) in [4.78, 5) is 32.8. The van der Waals surface area contributed by atoms with Gasteiger partial charge in [0.25, 0.3) is 0 Å². The predicted molar refractivity (Wildman–Crippen MR) is 163 cm³/mol. The number of esters is 1. The van der Waals surface area contributed by atoms with Gasteiger partial charge in [-0.1, -0.05) is 41.4 Å². The van der Waals surface area contributed by atoms with Crippen LogP contribution in [0.15, 0.2) is 42.5 Å². The second kappa shape index (κ2) is 12.1. The second-order valence-corrected chi connectivity index (χ2v) is 11.9. The van der Waals surface area contributed by atoms with Crippen molar-refractivity contribution in [1.29, 1.82) is 0 Å². The third-order valence-electron chi connectivity index (χ3n) is 8.34. The quantitative estimate of drug-likeness (QED) is 0.248. The number of benzene rings is 2. The molecule has 9 nitrogen and oxygen atoms in total. The number of halogens is 2. The number of rotatable bonds is 7. The number of likely N-dealkylation sites (tertiary alicyclic amines) is 1. The van der Waals surface area contributed by atoms with Crippen LogP contribution in [0.25, 0.3) is 22.3 Å². The van der Waals surface area contributed by atoms with Gasteiger partial charge in [-0.15, -0.1) is 0 Å². The Morgan fingerprint density at radius 2 is 1.79 bits per heavy atom. The minimum absolute atomic E-state index is 0.0700. The highest BCUT2D eigenvalue weighted by molar-refractivity contribution is 6.42. The fourth-order valence-corrected chi connectivity index (χ4v) is 6.54. The number of piperidine rings is 1. The lowest BCUT2D eigenvalue weighted by Gasteiger charge is -2.33. The first-order valence-corrected chi connectivity index (χ1v) is 15.2. The smallest absolute Gasteiger partial charge is 0.310 e. The van der Waals surface area contributed by atoms with E-state index in [1.54, 1.807) is 13.0 Å². The maximum atomic E-state index is 12.2. The van der Waals surface area contributed by atoms with E-state index in [1.807, 2.05) is 41.3 Å².